The Kier molecular flexibility index (Phi) is 2.38. The van der Waals surface area contributed by atoms with Crippen LogP contribution in [-0.2, 0) is 24.7 Å². The van der Waals surface area contributed by atoms with Gasteiger partial charge in [0.2, 0.25) is 0 Å². The van der Waals surface area contributed by atoms with Crippen LogP contribution in [0.4, 0.5) is 0 Å². The van der Waals surface area contributed by atoms with Crippen molar-refractivity contribution >= 4 is 0 Å². The Hall–Kier alpha value is -0.820. The lowest BCUT2D eigenvalue weighted by Gasteiger charge is -2.28. The van der Waals surface area contributed by atoms with Crippen LogP contribution in [0, 0.1) is 0 Å². The summed E-state index contributed by atoms with van der Waals surface area (Å²) in [4.78, 5) is 0. The standard InChI is InChI=1S/C16H22O/c1-16(2,3)15-12-6-4-5-10(12)9-11-7-8-13(17)14(11)15/h9,13,17H,4-8H2,1-3H3. The first-order valence-corrected chi connectivity index (χ1v) is 6.84. The lowest BCUT2D eigenvalue weighted by molar-refractivity contribution is 0.177. The molecule has 0 spiro atoms. The SMILES string of the molecule is CC(C)(C)c1c2c(cc3c1C(O)CC3)CCC2. The van der Waals surface area contributed by atoms with E-state index >= 15 is 0 Å². The number of fused-ring (bicyclic) bond motifs is 2. The summed E-state index contributed by atoms with van der Waals surface area (Å²) in [7, 11) is 0. The minimum absolute atomic E-state index is 0.158. The number of hydrogen-bond donors (Lipinski definition) is 1. The average molecular weight is 230 g/mol. The molecule has 1 N–H and O–H groups in total. The Bertz CT molecular complexity index is 465. The van der Waals surface area contributed by atoms with Gasteiger partial charge in [-0.3, -0.25) is 0 Å². The molecule has 0 bridgehead atoms. The summed E-state index contributed by atoms with van der Waals surface area (Å²) in [6.45, 7) is 6.85. The van der Waals surface area contributed by atoms with Gasteiger partial charge in [0.15, 0.2) is 0 Å². The van der Waals surface area contributed by atoms with Gasteiger partial charge in [0.25, 0.3) is 0 Å². The van der Waals surface area contributed by atoms with Gasteiger partial charge in [-0.05, 0) is 65.3 Å². The van der Waals surface area contributed by atoms with E-state index in [2.05, 4.69) is 26.8 Å². The molecule has 2 aliphatic carbocycles. The van der Waals surface area contributed by atoms with Gasteiger partial charge in [-0.2, -0.15) is 0 Å². The van der Waals surface area contributed by atoms with Crippen LogP contribution in [0.25, 0.3) is 0 Å². The zero-order valence-electron chi connectivity index (χ0n) is 11.1. The molecule has 0 aliphatic heterocycles. The van der Waals surface area contributed by atoms with Crippen molar-refractivity contribution in [3.63, 3.8) is 0 Å². The van der Waals surface area contributed by atoms with Crippen LogP contribution in [0.3, 0.4) is 0 Å². The Morgan fingerprint density at radius 3 is 2.59 bits per heavy atom. The first-order valence-electron chi connectivity index (χ1n) is 6.84. The maximum absolute atomic E-state index is 10.3. The van der Waals surface area contributed by atoms with E-state index in [1.54, 1.807) is 11.1 Å². The Morgan fingerprint density at radius 2 is 1.88 bits per heavy atom. The largest absolute Gasteiger partial charge is 0.388 e. The smallest absolute Gasteiger partial charge is 0.0798 e. The van der Waals surface area contributed by atoms with Crippen molar-refractivity contribution in [1.82, 2.24) is 0 Å². The zero-order valence-corrected chi connectivity index (χ0v) is 11.1. The van der Waals surface area contributed by atoms with Crippen LogP contribution in [-0.4, -0.2) is 5.11 Å². The molecule has 1 aromatic rings. The van der Waals surface area contributed by atoms with Gasteiger partial charge in [-0.1, -0.05) is 26.8 Å². The fraction of sp³-hybridized carbons (Fsp3) is 0.625. The van der Waals surface area contributed by atoms with Gasteiger partial charge >= 0.3 is 0 Å². The molecule has 0 radical (unpaired) electrons. The van der Waals surface area contributed by atoms with Gasteiger partial charge in [0, 0.05) is 0 Å². The highest BCUT2D eigenvalue weighted by molar-refractivity contribution is 5.53. The van der Waals surface area contributed by atoms with E-state index < -0.39 is 0 Å². The first-order chi connectivity index (χ1) is 7.98. The molecule has 1 unspecified atom stereocenters. The topological polar surface area (TPSA) is 20.2 Å². The van der Waals surface area contributed by atoms with Gasteiger partial charge in [-0.25, -0.2) is 0 Å². The van der Waals surface area contributed by atoms with Gasteiger partial charge < -0.3 is 5.11 Å². The Labute approximate surface area is 104 Å². The summed E-state index contributed by atoms with van der Waals surface area (Å²) in [5, 5.41) is 10.3. The van der Waals surface area contributed by atoms with Crippen molar-refractivity contribution in [3.8, 4) is 0 Å². The van der Waals surface area contributed by atoms with Crippen LogP contribution in [0.2, 0.25) is 0 Å². The number of benzene rings is 1. The average Bonchev–Trinajstić information content (AvgIpc) is 2.81. The third kappa shape index (κ3) is 1.63. The molecule has 0 saturated carbocycles. The van der Waals surface area contributed by atoms with Crippen LogP contribution in [0.5, 0.6) is 0 Å². The highest BCUT2D eigenvalue weighted by atomic mass is 16.3. The van der Waals surface area contributed by atoms with Crippen molar-refractivity contribution < 1.29 is 5.11 Å². The second kappa shape index (κ2) is 3.58. The molecule has 0 aromatic heterocycles. The van der Waals surface area contributed by atoms with Crippen molar-refractivity contribution in [3.05, 3.63) is 33.9 Å². The van der Waals surface area contributed by atoms with E-state index in [1.165, 1.54) is 36.0 Å². The predicted octanol–water partition coefficient (Wildman–Crippen LogP) is 3.45. The minimum Gasteiger partial charge on any atom is -0.388 e. The molecule has 3 rings (SSSR count). The maximum atomic E-state index is 10.3. The summed E-state index contributed by atoms with van der Waals surface area (Å²) in [6, 6.07) is 2.38. The quantitative estimate of drug-likeness (QED) is 0.723. The predicted molar refractivity (Wildman–Crippen MR) is 70.4 cm³/mol. The number of aliphatic hydroxyl groups is 1. The molecule has 92 valence electrons. The lowest BCUT2D eigenvalue weighted by atomic mass is 9.78. The summed E-state index contributed by atoms with van der Waals surface area (Å²) in [6.07, 6.45) is 5.50. The van der Waals surface area contributed by atoms with Gasteiger partial charge in [0.05, 0.1) is 6.10 Å². The second-order valence-corrected chi connectivity index (χ2v) is 6.62. The summed E-state index contributed by atoms with van der Waals surface area (Å²) in [5.74, 6) is 0. The van der Waals surface area contributed by atoms with Crippen molar-refractivity contribution in [2.24, 2.45) is 0 Å². The molecule has 17 heavy (non-hydrogen) atoms. The number of aliphatic hydroxyl groups excluding tert-OH is 1. The number of hydrogen-bond acceptors (Lipinski definition) is 1. The van der Waals surface area contributed by atoms with E-state index in [4.69, 9.17) is 0 Å². The molecule has 2 aliphatic rings. The van der Waals surface area contributed by atoms with Crippen LogP contribution in [0.1, 0.15) is 67.5 Å². The molecule has 0 saturated heterocycles. The van der Waals surface area contributed by atoms with E-state index in [0.717, 1.165) is 12.8 Å². The van der Waals surface area contributed by atoms with Gasteiger partial charge in [0.1, 0.15) is 0 Å². The van der Waals surface area contributed by atoms with E-state index in [1.807, 2.05) is 0 Å². The molecular formula is C16H22O. The molecule has 1 atom stereocenters. The van der Waals surface area contributed by atoms with E-state index in [9.17, 15) is 5.11 Å². The van der Waals surface area contributed by atoms with Crippen molar-refractivity contribution in [1.29, 1.82) is 0 Å². The molecule has 1 heteroatoms. The highest BCUT2D eigenvalue weighted by Crippen LogP contribution is 2.44. The normalized spacial score (nSPS) is 22.7. The van der Waals surface area contributed by atoms with Crippen LogP contribution >= 0.6 is 0 Å². The zero-order chi connectivity index (χ0) is 12.2. The number of rotatable bonds is 0. The molecular weight excluding hydrogens is 208 g/mol. The highest BCUT2D eigenvalue weighted by Gasteiger charge is 2.33. The Balaban J connectivity index is 2.30. The van der Waals surface area contributed by atoms with Crippen LogP contribution < -0.4 is 0 Å². The molecule has 0 fully saturated rings. The third-order valence-electron chi connectivity index (χ3n) is 4.30. The molecule has 0 heterocycles. The minimum atomic E-state index is -0.217. The second-order valence-electron chi connectivity index (χ2n) is 6.62. The molecule has 1 aromatic carbocycles. The van der Waals surface area contributed by atoms with Gasteiger partial charge in [-0.15, -0.1) is 0 Å². The fourth-order valence-corrected chi connectivity index (χ4v) is 3.70. The van der Waals surface area contributed by atoms with Crippen molar-refractivity contribution in [2.75, 3.05) is 0 Å². The Morgan fingerprint density at radius 1 is 1.12 bits per heavy atom. The van der Waals surface area contributed by atoms with Crippen molar-refractivity contribution in [2.45, 2.75) is 64.4 Å². The summed E-state index contributed by atoms with van der Waals surface area (Å²) < 4.78 is 0. The van der Waals surface area contributed by atoms with E-state index in [0.29, 0.717) is 0 Å². The summed E-state index contributed by atoms with van der Waals surface area (Å²) >= 11 is 0. The van der Waals surface area contributed by atoms with E-state index in [-0.39, 0.29) is 11.5 Å². The molecule has 1 nitrogen and oxygen atoms in total. The molecule has 0 amide bonds. The fourth-order valence-electron chi connectivity index (χ4n) is 3.70. The van der Waals surface area contributed by atoms with Crippen LogP contribution in [0.15, 0.2) is 6.07 Å². The maximum Gasteiger partial charge on any atom is 0.0798 e. The lowest BCUT2D eigenvalue weighted by Crippen LogP contribution is -2.18. The first kappa shape index (κ1) is 11.3. The number of aryl methyl sites for hydroxylation is 2. The third-order valence-corrected chi connectivity index (χ3v) is 4.30. The summed E-state index contributed by atoms with van der Waals surface area (Å²) in [5.41, 5.74) is 7.43. The monoisotopic (exact) mass is 230 g/mol.